The summed E-state index contributed by atoms with van der Waals surface area (Å²) in [7, 11) is 0. The van der Waals surface area contributed by atoms with Gasteiger partial charge < -0.3 is 11.5 Å². The van der Waals surface area contributed by atoms with Gasteiger partial charge in [-0.05, 0) is 24.3 Å². The second-order valence-electron chi connectivity index (χ2n) is 2.45. The summed E-state index contributed by atoms with van der Waals surface area (Å²) in [5.41, 5.74) is 10.9. The number of hydrogen-bond donors (Lipinski definition) is 2. The third-order valence-electron chi connectivity index (χ3n) is 1.43. The lowest BCUT2D eigenvalue weighted by Crippen LogP contribution is -2.04. The molecule has 0 spiro atoms. The van der Waals surface area contributed by atoms with Crippen LogP contribution in [0.4, 0.5) is 0 Å². The molecule has 0 amide bonds. The van der Waals surface area contributed by atoms with Crippen LogP contribution in [0.1, 0.15) is 0 Å². The number of benzene rings is 1. The molecule has 4 N–H and O–H groups in total. The summed E-state index contributed by atoms with van der Waals surface area (Å²) in [6.45, 7) is 0. The zero-order chi connectivity index (χ0) is 10.6. The molecular weight excluding hydrogens is 218 g/mol. The Kier molecular flexibility index (Phi) is 3.69. The number of nitrogens with zero attached hydrogens (tertiary/aromatic N) is 1. The van der Waals surface area contributed by atoms with Crippen LogP contribution in [0.2, 0.25) is 5.02 Å². The molecule has 0 heterocycles. The molecule has 0 unspecified atom stereocenters. The van der Waals surface area contributed by atoms with Gasteiger partial charge in [0, 0.05) is 9.92 Å². The molecule has 0 atom stereocenters. The number of thioether (sulfide) groups is 1. The van der Waals surface area contributed by atoms with Crippen molar-refractivity contribution < 1.29 is 0 Å². The van der Waals surface area contributed by atoms with Crippen LogP contribution < -0.4 is 11.5 Å². The van der Waals surface area contributed by atoms with Crippen LogP contribution in [0.3, 0.4) is 0 Å². The van der Waals surface area contributed by atoms with Gasteiger partial charge in [0.15, 0.2) is 0 Å². The highest BCUT2D eigenvalue weighted by molar-refractivity contribution is 8.03. The fourth-order valence-corrected chi connectivity index (χ4v) is 1.55. The maximum Gasteiger partial charge on any atom is 0.141 e. The Bertz CT molecular complexity index is 392. The highest BCUT2D eigenvalue weighted by atomic mass is 35.5. The van der Waals surface area contributed by atoms with Crippen molar-refractivity contribution >= 4 is 23.4 Å². The summed E-state index contributed by atoms with van der Waals surface area (Å²) in [5, 5.41) is 9.44. The first kappa shape index (κ1) is 10.8. The van der Waals surface area contributed by atoms with Crippen molar-refractivity contribution in [3.05, 3.63) is 40.0 Å². The zero-order valence-corrected chi connectivity index (χ0v) is 8.77. The van der Waals surface area contributed by atoms with Gasteiger partial charge in [-0.3, -0.25) is 0 Å². The van der Waals surface area contributed by atoms with Crippen LogP contribution in [0.25, 0.3) is 0 Å². The number of rotatable bonds is 2. The van der Waals surface area contributed by atoms with Crippen LogP contribution in [0, 0.1) is 11.3 Å². The Morgan fingerprint density at radius 2 is 1.86 bits per heavy atom. The van der Waals surface area contributed by atoms with Gasteiger partial charge in [-0.2, -0.15) is 5.26 Å². The first-order valence-electron chi connectivity index (χ1n) is 3.72. The largest absolute Gasteiger partial charge is 0.391 e. The zero-order valence-electron chi connectivity index (χ0n) is 7.20. The molecule has 0 aliphatic heterocycles. The second kappa shape index (κ2) is 4.80. The van der Waals surface area contributed by atoms with E-state index in [0.717, 1.165) is 4.90 Å². The van der Waals surface area contributed by atoms with E-state index in [-0.39, 0.29) is 5.70 Å². The Morgan fingerprint density at radius 1 is 1.29 bits per heavy atom. The van der Waals surface area contributed by atoms with E-state index in [1.54, 1.807) is 18.2 Å². The molecule has 0 fully saturated rings. The summed E-state index contributed by atoms with van der Waals surface area (Å²) in [6.07, 6.45) is 0. The van der Waals surface area contributed by atoms with Crippen LogP contribution in [0.5, 0.6) is 0 Å². The van der Waals surface area contributed by atoms with Gasteiger partial charge in [0.05, 0.1) is 0 Å². The van der Waals surface area contributed by atoms with Gasteiger partial charge >= 0.3 is 0 Å². The molecule has 0 bridgehead atoms. The van der Waals surface area contributed by atoms with Gasteiger partial charge in [0.1, 0.15) is 16.8 Å². The van der Waals surface area contributed by atoms with Crippen molar-refractivity contribution in [2.75, 3.05) is 0 Å². The highest BCUT2D eigenvalue weighted by Crippen LogP contribution is 2.25. The topological polar surface area (TPSA) is 75.8 Å². The van der Waals surface area contributed by atoms with E-state index >= 15 is 0 Å². The summed E-state index contributed by atoms with van der Waals surface area (Å²) >= 11 is 6.94. The van der Waals surface area contributed by atoms with Gasteiger partial charge in [0.25, 0.3) is 0 Å². The molecule has 0 aromatic heterocycles. The average Bonchev–Trinajstić information content (AvgIpc) is 2.20. The molecule has 5 heteroatoms. The number of nitriles is 1. The summed E-state index contributed by atoms with van der Waals surface area (Å²) in [5.74, 6) is 0. The minimum atomic E-state index is 0.0324. The number of allylic oxidation sites excluding steroid dienone is 1. The van der Waals surface area contributed by atoms with Crippen molar-refractivity contribution in [2.45, 2.75) is 4.90 Å². The lowest BCUT2D eigenvalue weighted by molar-refractivity contribution is 1.32. The predicted octanol–water partition coefficient (Wildman–Crippen LogP) is 2.04. The second-order valence-corrected chi connectivity index (χ2v) is 4.00. The molecule has 0 aliphatic carbocycles. The van der Waals surface area contributed by atoms with Crippen LogP contribution in [0.15, 0.2) is 39.9 Å². The normalized spacial score (nSPS) is 11.7. The summed E-state index contributed by atoms with van der Waals surface area (Å²) in [6, 6.07) is 8.90. The number of halogens is 1. The van der Waals surface area contributed by atoms with Crippen LogP contribution in [-0.2, 0) is 0 Å². The Hall–Kier alpha value is -1.31. The fourth-order valence-electron chi connectivity index (χ4n) is 0.740. The van der Waals surface area contributed by atoms with E-state index in [1.807, 2.05) is 12.1 Å². The van der Waals surface area contributed by atoms with E-state index < -0.39 is 0 Å². The monoisotopic (exact) mass is 225 g/mol. The lowest BCUT2D eigenvalue weighted by atomic mass is 10.4. The molecule has 14 heavy (non-hydrogen) atoms. The SMILES string of the molecule is N#C/C(N)=C(\N)Sc1ccc(Cl)cc1. The Morgan fingerprint density at radius 3 is 2.36 bits per heavy atom. The molecule has 3 nitrogen and oxygen atoms in total. The van der Waals surface area contributed by atoms with Crippen molar-refractivity contribution in [1.82, 2.24) is 0 Å². The molecule has 72 valence electrons. The van der Waals surface area contributed by atoms with Crippen molar-refractivity contribution in [2.24, 2.45) is 11.5 Å². The van der Waals surface area contributed by atoms with Crippen molar-refractivity contribution in [1.29, 1.82) is 5.26 Å². The van der Waals surface area contributed by atoms with Gasteiger partial charge in [0.2, 0.25) is 0 Å². The Balaban J connectivity index is 2.81. The molecular formula is C9H8ClN3S. The van der Waals surface area contributed by atoms with Crippen LogP contribution in [-0.4, -0.2) is 0 Å². The molecule has 1 aromatic rings. The standard InChI is InChI=1S/C9H8ClN3S/c10-6-1-3-7(4-2-6)14-9(13)8(12)5-11/h1-4H,12-13H2/b9-8-. The molecule has 0 saturated heterocycles. The molecule has 1 aromatic carbocycles. The number of nitrogens with two attached hydrogens (primary N) is 2. The fraction of sp³-hybridized carbons (Fsp3) is 0. The van der Waals surface area contributed by atoms with Crippen molar-refractivity contribution in [3.63, 3.8) is 0 Å². The Labute approximate surface area is 91.3 Å². The average molecular weight is 226 g/mol. The van der Waals surface area contributed by atoms with E-state index in [0.29, 0.717) is 10.1 Å². The first-order valence-corrected chi connectivity index (χ1v) is 4.91. The quantitative estimate of drug-likeness (QED) is 0.597. The van der Waals surface area contributed by atoms with E-state index in [2.05, 4.69) is 0 Å². The maximum atomic E-state index is 8.48. The van der Waals surface area contributed by atoms with E-state index in [9.17, 15) is 0 Å². The van der Waals surface area contributed by atoms with Gasteiger partial charge in [-0.15, -0.1) is 0 Å². The van der Waals surface area contributed by atoms with Crippen molar-refractivity contribution in [3.8, 4) is 6.07 Å². The minimum Gasteiger partial charge on any atom is -0.391 e. The lowest BCUT2D eigenvalue weighted by Gasteiger charge is -2.01. The minimum absolute atomic E-state index is 0.0324. The molecule has 0 saturated carbocycles. The number of hydrogen-bond acceptors (Lipinski definition) is 4. The van der Waals surface area contributed by atoms with Gasteiger partial charge in [-0.1, -0.05) is 23.4 Å². The van der Waals surface area contributed by atoms with E-state index in [4.69, 9.17) is 28.3 Å². The summed E-state index contributed by atoms with van der Waals surface area (Å²) < 4.78 is 0. The third kappa shape index (κ3) is 2.87. The third-order valence-corrected chi connectivity index (χ3v) is 2.63. The molecule has 1 rings (SSSR count). The predicted molar refractivity (Wildman–Crippen MR) is 58.3 cm³/mol. The highest BCUT2D eigenvalue weighted by Gasteiger charge is 2.00. The van der Waals surface area contributed by atoms with Crippen LogP contribution >= 0.6 is 23.4 Å². The van der Waals surface area contributed by atoms with Gasteiger partial charge in [-0.25, -0.2) is 0 Å². The van der Waals surface area contributed by atoms with E-state index in [1.165, 1.54) is 11.8 Å². The molecule has 0 aliphatic rings. The molecule has 0 radical (unpaired) electrons. The maximum absolute atomic E-state index is 8.48. The smallest absolute Gasteiger partial charge is 0.141 e. The summed E-state index contributed by atoms with van der Waals surface area (Å²) in [4.78, 5) is 0.894. The first-order chi connectivity index (χ1) is 6.63.